The zero-order chi connectivity index (χ0) is 12.3. The summed E-state index contributed by atoms with van der Waals surface area (Å²) in [7, 11) is 0. The van der Waals surface area contributed by atoms with Gasteiger partial charge in [0.25, 0.3) is 0 Å². The number of ether oxygens (including phenoxy) is 1. The molecule has 0 fully saturated rings. The lowest BCUT2D eigenvalue weighted by atomic mass is 10.2. The quantitative estimate of drug-likeness (QED) is 0.733. The minimum absolute atomic E-state index is 0.192. The van der Waals surface area contributed by atoms with E-state index in [9.17, 15) is 8.78 Å². The number of benzene rings is 2. The van der Waals surface area contributed by atoms with Gasteiger partial charge in [-0.05, 0) is 29.8 Å². The van der Waals surface area contributed by atoms with Crippen LogP contribution in [0.5, 0.6) is 11.5 Å². The fourth-order valence-corrected chi connectivity index (χ4v) is 1.58. The van der Waals surface area contributed by atoms with Crippen molar-refractivity contribution in [2.75, 3.05) is 0 Å². The van der Waals surface area contributed by atoms with E-state index in [0.717, 1.165) is 0 Å². The molecule has 0 saturated heterocycles. The molecule has 1 nitrogen and oxygen atoms in total. The molecule has 2 aromatic carbocycles. The highest BCUT2D eigenvalue weighted by molar-refractivity contribution is 6.17. The molecule has 0 unspecified atom stereocenters. The summed E-state index contributed by atoms with van der Waals surface area (Å²) in [5.74, 6) is -0.0366. The van der Waals surface area contributed by atoms with Crippen molar-refractivity contribution in [1.29, 1.82) is 0 Å². The molecule has 0 N–H and O–H groups in total. The van der Waals surface area contributed by atoms with E-state index in [4.69, 9.17) is 16.3 Å². The summed E-state index contributed by atoms with van der Waals surface area (Å²) in [5, 5.41) is 0. The zero-order valence-corrected chi connectivity index (χ0v) is 9.55. The summed E-state index contributed by atoms with van der Waals surface area (Å²) in [6, 6.07) is 9.81. The van der Waals surface area contributed by atoms with E-state index < -0.39 is 11.6 Å². The van der Waals surface area contributed by atoms with Gasteiger partial charge in [0.15, 0.2) is 0 Å². The van der Waals surface area contributed by atoms with Crippen LogP contribution in [0.3, 0.4) is 0 Å². The van der Waals surface area contributed by atoms with Crippen LogP contribution in [-0.4, -0.2) is 0 Å². The largest absolute Gasteiger partial charge is 0.457 e. The Morgan fingerprint density at radius 3 is 2.41 bits per heavy atom. The Hall–Kier alpha value is -1.61. The summed E-state index contributed by atoms with van der Waals surface area (Å²) >= 11 is 5.62. The van der Waals surface area contributed by atoms with Crippen molar-refractivity contribution >= 4 is 11.6 Å². The van der Waals surface area contributed by atoms with Crippen LogP contribution in [0.1, 0.15) is 5.56 Å². The first-order chi connectivity index (χ1) is 8.17. The third-order valence-corrected chi connectivity index (χ3v) is 2.43. The highest BCUT2D eigenvalue weighted by Gasteiger charge is 2.03. The Labute approximate surface area is 103 Å². The minimum atomic E-state index is -0.436. The van der Waals surface area contributed by atoms with Crippen LogP contribution in [0.25, 0.3) is 0 Å². The van der Waals surface area contributed by atoms with E-state index in [1.807, 2.05) is 0 Å². The normalized spacial score (nSPS) is 10.3. The zero-order valence-electron chi connectivity index (χ0n) is 8.79. The van der Waals surface area contributed by atoms with Crippen molar-refractivity contribution in [2.24, 2.45) is 0 Å². The molecule has 17 heavy (non-hydrogen) atoms. The molecule has 0 aromatic heterocycles. The Kier molecular flexibility index (Phi) is 3.59. The van der Waals surface area contributed by atoms with Gasteiger partial charge in [0.1, 0.15) is 23.1 Å². The Bertz CT molecular complexity index is 529. The molecule has 0 spiro atoms. The topological polar surface area (TPSA) is 9.23 Å². The molecule has 0 aliphatic carbocycles. The van der Waals surface area contributed by atoms with Gasteiger partial charge in [0.2, 0.25) is 0 Å². The van der Waals surface area contributed by atoms with Crippen LogP contribution < -0.4 is 4.74 Å². The van der Waals surface area contributed by atoms with Crippen molar-refractivity contribution in [2.45, 2.75) is 5.88 Å². The first-order valence-corrected chi connectivity index (χ1v) is 5.49. The van der Waals surface area contributed by atoms with E-state index in [1.54, 1.807) is 12.1 Å². The molecule has 0 bridgehead atoms. The summed E-state index contributed by atoms with van der Waals surface area (Å²) in [5.41, 5.74) is 0.609. The highest BCUT2D eigenvalue weighted by Crippen LogP contribution is 2.24. The maximum atomic E-state index is 13.2. The number of alkyl halides is 1. The molecule has 2 aromatic rings. The summed E-state index contributed by atoms with van der Waals surface area (Å²) in [6.45, 7) is 0. The lowest BCUT2D eigenvalue weighted by Gasteiger charge is -2.07. The minimum Gasteiger partial charge on any atom is -0.457 e. The van der Waals surface area contributed by atoms with Crippen LogP contribution in [-0.2, 0) is 5.88 Å². The highest BCUT2D eigenvalue weighted by atomic mass is 35.5. The second kappa shape index (κ2) is 5.15. The second-order valence-corrected chi connectivity index (χ2v) is 3.76. The van der Waals surface area contributed by atoms with Gasteiger partial charge in [0, 0.05) is 18.0 Å². The van der Waals surface area contributed by atoms with Crippen molar-refractivity contribution in [3.8, 4) is 11.5 Å². The van der Waals surface area contributed by atoms with Gasteiger partial charge in [-0.3, -0.25) is 0 Å². The molecule has 0 atom stereocenters. The second-order valence-electron chi connectivity index (χ2n) is 3.49. The first-order valence-electron chi connectivity index (χ1n) is 4.96. The Morgan fingerprint density at radius 1 is 0.941 bits per heavy atom. The van der Waals surface area contributed by atoms with Gasteiger partial charge in [-0.15, -0.1) is 11.6 Å². The lowest BCUT2D eigenvalue weighted by Crippen LogP contribution is -1.89. The molecule has 2 rings (SSSR count). The molecule has 0 heterocycles. The maximum Gasteiger partial charge on any atom is 0.130 e. The van der Waals surface area contributed by atoms with Crippen molar-refractivity contribution < 1.29 is 13.5 Å². The Morgan fingerprint density at radius 2 is 1.71 bits per heavy atom. The first kappa shape index (κ1) is 11.9. The molecule has 0 aliphatic heterocycles. The lowest BCUT2D eigenvalue weighted by molar-refractivity contribution is 0.471. The average molecular weight is 255 g/mol. The van der Waals surface area contributed by atoms with Crippen molar-refractivity contribution in [3.05, 3.63) is 59.7 Å². The fourth-order valence-electron chi connectivity index (χ4n) is 1.42. The SMILES string of the molecule is Fc1cccc(Oc2cc(F)cc(CCl)c2)c1. The van der Waals surface area contributed by atoms with E-state index in [1.165, 1.54) is 30.3 Å². The monoisotopic (exact) mass is 254 g/mol. The molecule has 0 aliphatic rings. The predicted molar refractivity (Wildman–Crippen MR) is 62.4 cm³/mol. The van der Waals surface area contributed by atoms with Gasteiger partial charge >= 0.3 is 0 Å². The average Bonchev–Trinajstić information content (AvgIpc) is 2.28. The number of hydrogen-bond acceptors (Lipinski definition) is 1. The van der Waals surface area contributed by atoms with Crippen molar-refractivity contribution in [3.63, 3.8) is 0 Å². The standard InChI is InChI=1S/C13H9ClF2O/c14-8-9-4-11(16)7-13(5-9)17-12-3-1-2-10(15)6-12/h1-7H,8H2. The van der Waals surface area contributed by atoms with Crippen LogP contribution in [0, 0.1) is 11.6 Å². The van der Waals surface area contributed by atoms with E-state index in [2.05, 4.69) is 0 Å². The molecule has 4 heteroatoms. The summed E-state index contributed by atoms with van der Waals surface area (Å²) < 4.78 is 31.4. The number of rotatable bonds is 3. The van der Waals surface area contributed by atoms with Gasteiger partial charge in [-0.1, -0.05) is 6.07 Å². The number of halogens is 3. The molecular formula is C13H9ClF2O. The van der Waals surface area contributed by atoms with Gasteiger partial charge in [0.05, 0.1) is 0 Å². The van der Waals surface area contributed by atoms with Crippen LogP contribution in [0.15, 0.2) is 42.5 Å². The third-order valence-electron chi connectivity index (χ3n) is 2.12. The predicted octanol–water partition coefficient (Wildman–Crippen LogP) is 4.50. The van der Waals surface area contributed by atoms with E-state index in [0.29, 0.717) is 17.1 Å². The van der Waals surface area contributed by atoms with Crippen LogP contribution in [0.2, 0.25) is 0 Å². The van der Waals surface area contributed by atoms with E-state index in [-0.39, 0.29) is 5.88 Å². The Balaban J connectivity index is 2.26. The smallest absolute Gasteiger partial charge is 0.130 e. The fraction of sp³-hybridized carbons (Fsp3) is 0.0769. The maximum absolute atomic E-state index is 13.2. The molecule has 88 valence electrons. The van der Waals surface area contributed by atoms with Gasteiger partial charge in [-0.2, -0.15) is 0 Å². The van der Waals surface area contributed by atoms with Gasteiger partial charge in [-0.25, -0.2) is 8.78 Å². The number of hydrogen-bond donors (Lipinski definition) is 0. The summed E-state index contributed by atoms with van der Waals surface area (Å²) in [4.78, 5) is 0. The molecule has 0 saturated carbocycles. The van der Waals surface area contributed by atoms with Gasteiger partial charge < -0.3 is 4.74 Å². The molecule has 0 radical (unpaired) electrons. The third kappa shape index (κ3) is 3.17. The van der Waals surface area contributed by atoms with Crippen LogP contribution in [0.4, 0.5) is 8.78 Å². The summed E-state index contributed by atoms with van der Waals surface area (Å²) in [6.07, 6.45) is 0. The van der Waals surface area contributed by atoms with E-state index >= 15 is 0 Å². The van der Waals surface area contributed by atoms with Crippen molar-refractivity contribution in [1.82, 2.24) is 0 Å². The van der Waals surface area contributed by atoms with Crippen LogP contribution >= 0.6 is 11.6 Å². The molecular weight excluding hydrogens is 246 g/mol. The molecule has 0 amide bonds.